The molecule has 0 N–H and O–H groups in total. The molecule has 0 unspecified atom stereocenters. The van der Waals surface area contributed by atoms with Crippen molar-refractivity contribution in [2.45, 2.75) is 94.0 Å². The SMILES string of the molecule is CC1(C)O[C@H]2[C@@H](O[Si](C)(C)C(C)(C)C)C[C@@]3(CC(=O)C3(Cl)Cl)[C@H]2O1. The van der Waals surface area contributed by atoms with Crippen molar-refractivity contribution in [1.82, 2.24) is 0 Å². The molecule has 1 saturated heterocycles. The Morgan fingerprint density at radius 2 is 1.79 bits per heavy atom. The summed E-state index contributed by atoms with van der Waals surface area (Å²) in [7, 11) is -2.00. The Morgan fingerprint density at radius 1 is 1.21 bits per heavy atom. The van der Waals surface area contributed by atoms with Gasteiger partial charge in [0.05, 0.1) is 12.2 Å². The average Bonchev–Trinajstić information content (AvgIpc) is 2.83. The summed E-state index contributed by atoms with van der Waals surface area (Å²) in [6, 6.07) is 0. The molecule has 3 fully saturated rings. The maximum Gasteiger partial charge on any atom is 0.192 e. The zero-order chi connectivity index (χ0) is 18.3. The first kappa shape index (κ1) is 19.1. The van der Waals surface area contributed by atoms with Crippen LogP contribution >= 0.6 is 23.2 Å². The maximum absolute atomic E-state index is 12.0. The zero-order valence-electron chi connectivity index (χ0n) is 15.5. The lowest BCUT2D eigenvalue weighted by Crippen LogP contribution is -2.62. The van der Waals surface area contributed by atoms with E-state index in [1.807, 2.05) is 13.8 Å². The van der Waals surface area contributed by atoms with E-state index in [4.69, 9.17) is 37.1 Å². The maximum atomic E-state index is 12.0. The standard InChI is InChI=1S/C17H28Cl2O4Si/c1-14(2,3)24(6,7)23-10-8-16(9-11(20)17(16,18)19)13-12(10)21-15(4,5)22-13/h10,12-13H,8-9H2,1-7H3/t10-,12-,13-,16+/m0/s1. The second kappa shape index (κ2) is 5.20. The molecule has 4 atom stereocenters. The van der Waals surface area contributed by atoms with Crippen molar-refractivity contribution >= 4 is 37.3 Å². The predicted molar refractivity (Wildman–Crippen MR) is 97.0 cm³/mol. The molecule has 3 rings (SSSR count). The minimum absolute atomic E-state index is 0.0850. The van der Waals surface area contributed by atoms with E-state index < -0.39 is 23.9 Å². The van der Waals surface area contributed by atoms with Crippen LogP contribution in [-0.4, -0.2) is 42.5 Å². The molecule has 2 aliphatic carbocycles. The molecule has 1 spiro atoms. The number of ether oxygens (including phenoxy) is 2. The smallest absolute Gasteiger partial charge is 0.192 e. The van der Waals surface area contributed by atoms with Gasteiger partial charge in [0.2, 0.25) is 0 Å². The Kier molecular flexibility index (Phi) is 4.14. The average molecular weight is 395 g/mol. The summed E-state index contributed by atoms with van der Waals surface area (Å²) in [5.41, 5.74) is -0.612. The highest BCUT2D eigenvalue weighted by molar-refractivity contribution is 6.74. The normalized spacial score (nSPS) is 40.7. The highest BCUT2D eigenvalue weighted by atomic mass is 35.5. The number of rotatable bonds is 2. The molecule has 0 aromatic heterocycles. The first-order valence-corrected chi connectivity index (χ1v) is 12.2. The van der Waals surface area contributed by atoms with Gasteiger partial charge in [0.1, 0.15) is 6.10 Å². The van der Waals surface area contributed by atoms with Gasteiger partial charge in [-0.05, 0) is 38.4 Å². The molecule has 24 heavy (non-hydrogen) atoms. The minimum Gasteiger partial charge on any atom is -0.411 e. The number of halogens is 2. The van der Waals surface area contributed by atoms with Crippen LogP contribution in [0, 0.1) is 5.41 Å². The third-order valence-electron chi connectivity index (χ3n) is 6.31. The van der Waals surface area contributed by atoms with Gasteiger partial charge in [0.15, 0.2) is 24.2 Å². The Morgan fingerprint density at radius 3 is 2.25 bits per heavy atom. The molecule has 138 valence electrons. The van der Waals surface area contributed by atoms with Crippen LogP contribution in [0.25, 0.3) is 0 Å². The Bertz CT molecular complexity index is 569. The number of carbonyl (C=O) groups excluding carboxylic acids is 1. The van der Waals surface area contributed by atoms with E-state index in [1.54, 1.807) is 0 Å². The van der Waals surface area contributed by atoms with Crippen LogP contribution in [0.1, 0.15) is 47.5 Å². The third-order valence-corrected chi connectivity index (χ3v) is 12.0. The van der Waals surface area contributed by atoms with E-state index in [0.29, 0.717) is 12.8 Å². The van der Waals surface area contributed by atoms with Gasteiger partial charge in [-0.2, -0.15) is 0 Å². The van der Waals surface area contributed by atoms with Gasteiger partial charge in [-0.15, -0.1) is 0 Å². The van der Waals surface area contributed by atoms with Gasteiger partial charge in [-0.25, -0.2) is 0 Å². The number of alkyl halides is 2. The fourth-order valence-corrected chi connectivity index (χ4v) is 5.87. The minimum atomic E-state index is -2.00. The van der Waals surface area contributed by atoms with Crippen LogP contribution in [0.3, 0.4) is 0 Å². The van der Waals surface area contributed by atoms with Crippen molar-refractivity contribution in [3.05, 3.63) is 0 Å². The number of hydrogen-bond donors (Lipinski definition) is 0. The van der Waals surface area contributed by atoms with E-state index in [-0.39, 0.29) is 29.1 Å². The molecule has 0 aromatic rings. The van der Waals surface area contributed by atoms with Gasteiger partial charge in [0.25, 0.3) is 0 Å². The molecular weight excluding hydrogens is 367 g/mol. The van der Waals surface area contributed by atoms with Gasteiger partial charge >= 0.3 is 0 Å². The Balaban J connectivity index is 1.92. The summed E-state index contributed by atoms with van der Waals surface area (Å²) in [5.74, 6) is -0.855. The van der Waals surface area contributed by atoms with Gasteiger partial charge in [-0.3, -0.25) is 4.79 Å². The van der Waals surface area contributed by atoms with Crippen molar-refractivity contribution in [3.8, 4) is 0 Å². The summed E-state index contributed by atoms with van der Waals surface area (Å²) in [5, 5.41) is 0.0850. The van der Waals surface area contributed by atoms with Crippen LogP contribution in [0.15, 0.2) is 0 Å². The van der Waals surface area contributed by atoms with E-state index in [0.717, 1.165) is 0 Å². The summed E-state index contributed by atoms with van der Waals surface area (Å²) < 4.78 is 17.5. The van der Waals surface area contributed by atoms with Crippen LogP contribution in [0.5, 0.6) is 0 Å². The summed E-state index contributed by atoms with van der Waals surface area (Å²) >= 11 is 12.9. The predicted octanol–water partition coefficient (Wildman–Crippen LogP) is 4.43. The van der Waals surface area contributed by atoms with Crippen LogP contribution in [0.2, 0.25) is 18.1 Å². The Labute approximate surface area is 155 Å². The third kappa shape index (κ3) is 2.54. The molecule has 7 heteroatoms. The van der Waals surface area contributed by atoms with Crippen molar-refractivity contribution in [1.29, 1.82) is 0 Å². The lowest BCUT2D eigenvalue weighted by Gasteiger charge is -2.51. The quantitative estimate of drug-likeness (QED) is 0.512. The topological polar surface area (TPSA) is 44.8 Å². The lowest BCUT2D eigenvalue weighted by molar-refractivity contribution is -0.184. The zero-order valence-corrected chi connectivity index (χ0v) is 18.0. The van der Waals surface area contributed by atoms with Crippen molar-refractivity contribution in [2.24, 2.45) is 5.41 Å². The van der Waals surface area contributed by atoms with Crippen molar-refractivity contribution in [2.75, 3.05) is 0 Å². The second-order valence-corrected chi connectivity index (χ2v) is 15.6. The first-order chi connectivity index (χ1) is 10.6. The van der Waals surface area contributed by atoms with Crippen LogP contribution in [-0.2, 0) is 18.7 Å². The highest BCUT2D eigenvalue weighted by Gasteiger charge is 2.76. The van der Waals surface area contributed by atoms with E-state index in [9.17, 15) is 4.79 Å². The molecule has 0 bridgehead atoms. The molecule has 3 aliphatic rings. The first-order valence-electron chi connectivity index (χ1n) is 8.58. The Hall–Kier alpha value is 0.347. The van der Waals surface area contributed by atoms with E-state index in [2.05, 4.69) is 33.9 Å². The van der Waals surface area contributed by atoms with Crippen molar-refractivity contribution < 1.29 is 18.7 Å². The fourth-order valence-electron chi connectivity index (χ4n) is 3.90. The summed E-state index contributed by atoms with van der Waals surface area (Å²) in [6.45, 7) is 14.8. The number of carbonyl (C=O) groups is 1. The molecule has 1 heterocycles. The molecule has 0 radical (unpaired) electrons. The number of fused-ring (bicyclic) bond motifs is 2. The largest absolute Gasteiger partial charge is 0.411 e. The molecule has 0 amide bonds. The number of ketones is 1. The van der Waals surface area contributed by atoms with Gasteiger partial charge in [-0.1, -0.05) is 44.0 Å². The fraction of sp³-hybridized carbons (Fsp3) is 0.941. The number of Topliss-reactive ketones (excluding diaryl/α,β-unsaturated/α-hetero) is 1. The second-order valence-electron chi connectivity index (χ2n) is 9.47. The van der Waals surface area contributed by atoms with E-state index in [1.165, 1.54) is 0 Å². The lowest BCUT2D eigenvalue weighted by atomic mass is 9.64. The van der Waals surface area contributed by atoms with Crippen LogP contribution < -0.4 is 0 Å². The van der Waals surface area contributed by atoms with Gasteiger partial charge in [0, 0.05) is 11.8 Å². The molecule has 4 nitrogen and oxygen atoms in total. The summed E-state index contributed by atoms with van der Waals surface area (Å²) in [4.78, 5) is 12.0. The van der Waals surface area contributed by atoms with Crippen molar-refractivity contribution in [3.63, 3.8) is 0 Å². The molecule has 1 aliphatic heterocycles. The monoisotopic (exact) mass is 394 g/mol. The number of hydrogen-bond acceptors (Lipinski definition) is 4. The summed E-state index contributed by atoms with van der Waals surface area (Å²) in [6.07, 6.45) is 0.235. The molecule has 2 saturated carbocycles. The highest BCUT2D eigenvalue weighted by Crippen LogP contribution is 2.66. The molecule has 0 aromatic carbocycles. The molecular formula is C17H28Cl2O4Si. The van der Waals surface area contributed by atoms with Gasteiger partial charge < -0.3 is 13.9 Å². The van der Waals surface area contributed by atoms with Crippen LogP contribution in [0.4, 0.5) is 0 Å². The van der Waals surface area contributed by atoms with E-state index >= 15 is 0 Å².